The van der Waals surface area contributed by atoms with E-state index in [9.17, 15) is 22.8 Å². The summed E-state index contributed by atoms with van der Waals surface area (Å²) in [5, 5.41) is 11.1. The number of aliphatic carboxylic acids is 1. The van der Waals surface area contributed by atoms with Crippen molar-refractivity contribution in [3.63, 3.8) is 0 Å². The summed E-state index contributed by atoms with van der Waals surface area (Å²) in [5.74, 6) is -0.0850. The number of rotatable bonds is 6. The number of amides is 1. The van der Waals surface area contributed by atoms with Crippen molar-refractivity contribution >= 4 is 11.9 Å². The minimum atomic E-state index is -4.70. The molecule has 0 radical (unpaired) electrons. The first-order valence-electron chi connectivity index (χ1n) is 6.40. The van der Waals surface area contributed by atoms with E-state index in [1.54, 1.807) is 0 Å². The fourth-order valence-electron chi connectivity index (χ4n) is 1.83. The number of carbonyl (C=O) groups excluding carboxylic acids is 1. The van der Waals surface area contributed by atoms with Gasteiger partial charge in [-0.25, -0.2) is 4.79 Å². The number of halogens is 3. The molecule has 0 aliphatic rings. The summed E-state index contributed by atoms with van der Waals surface area (Å²) in [7, 11) is 0. The first kappa shape index (κ1) is 17.6. The quantitative estimate of drug-likeness (QED) is 0.627. The SMILES string of the molecule is C#CCCC[C@@H](NC(=O)c1ccccc1C(F)(F)F)C(=O)O. The van der Waals surface area contributed by atoms with Crippen LogP contribution in [0.1, 0.15) is 35.2 Å². The van der Waals surface area contributed by atoms with E-state index in [1.165, 1.54) is 6.07 Å². The molecule has 1 atom stereocenters. The van der Waals surface area contributed by atoms with Crippen LogP contribution in [0.4, 0.5) is 13.2 Å². The highest BCUT2D eigenvalue weighted by Crippen LogP contribution is 2.31. The van der Waals surface area contributed by atoms with Crippen LogP contribution >= 0.6 is 0 Å². The summed E-state index contributed by atoms with van der Waals surface area (Å²) in [6.45, 7) is 0. The van der Waals surface area contributed by atoms with E-state index >= 15 is 0 Å². The molecule has 118 valence electrons. The Morgan fingerprint density at radius 2 is 1.95 bits per heavy atom. The molecule has 0 spiro atoms. The highest BCUT2D eigenvalue weighted by atomic mass is 19.4. The van der Waals surface area contributed by atoms with Crippen LogP contribution in [0, 0.1) is 12.3 Å². The monoisotopic (exact) mass is 313 g/mol. The third kappa shape index (κ3) is 4.81. The lowest BCUT2D eigenvalue weighted by atomic mass is 10.0. The van der Waals surface area contributed by atoms with Crippen molar-refractivity contribution in [3.8, 4) is 12.3 Å². The van der Waals surface area contributed by atoms with Crippen molar-refractivity contribution in [2.24, 2.45) is 0 Å². The number of alkyl halides is 3. The average Bonchev–Trinajstić information content (AvgIpc) is 2.45. The Kier molecular flexibility index (Phi) is 5.99. The molecule has 0 bridgehead atoms. The van der Waals surface area contributed by atoms with Gasteiger partial charge in [-0.05, 0) is 25.0 Å². The molecule has 0 fully saturated rings. The molecule has 0 saturated carbocycles. The van der Waals surface area contributed by atoms with Crippen molar-refractivity contribution in [3.05, 3.63) is 35.4 Å². The van der Waals surface area contributed by atoms with Crippen LogP contribution in [-0.4, -0.2) is 23.0 Å². The average molecular weight is 313 g/mol. The topological polar surface area (TPSA) is 66.4 Å². The Labute approximate surface area is 125 Å². The van der Waals surface area contributed by atoms with Crippen LogP contribution in [-0.2, 0) is 11.0 Å². The van der Waals surface area contributed by atoms with Crippen LogP contribution in [0.2, 0.25) is 0 Å². The number of unbranched alkanes of at least 4 members (excludes halogenated alkanes) is 1. The normalized spacial score (nSPS) is 12.3. The molecule has 0 saturated heterocycles. The van der Waals surface area contributed by atoms with Gasteiger partial charge in [0.1, 0.15) is 6.04 Å². The van der Waals surface area contributed by atoms with Crippen molar-refractivity contribution in [2.75, 3.05) is 0 Å². The molecule has 7 heteroatoms. The van der Waals surface area contributed by atoms with E-state index in [4.69, 9.17) is 11.5 Å². The van der Waals surface area contributed by atoms with Gasteiger partial charge in [-0.3, -0.25) is 4.79 Å². The van der Waals surface area contributed by atoms with Gasteiger partial charge in [-0.15, -0.1) is 12.3 Å². The van der Waals surface area contributed by atoms with Crippen molar-refractivity contribution in [2.45, 2.75) is 31.5 Å². The zero-order valence-electron chi connectivity index (χ0n) is 11.5. The lowest BCUT2D eigenvalue weighted by Gasteiger charge is -2.16. The number of carboxylic acids is 1. The van der Waals surface area contributed by atoms with E-state index < -0.39 is 35.2 Å². The molecule has 1 aromatic carbocycles. The van der Waals surface area contributed by atoms with Gasteiger partial charge in [0, 0.05) is 6.42 Å². The van der Waals surface area contributed by atoms with Crippen molar-refractivity contribution in [1.82, 2.24) is 5.32 Å². The van der Waals surface area contributed by atoms with Crippen molar-refractivity contribution in [1.29, 1.82) is 0 Å². The lowest BCUT2D eigenvalue weighted by Crippen LogP contribution is -2.41. The van der Waals surface area contributed by atoms with Gasteiger partial charge in [0.2, 0.25) is 0 Å². The zero-order chi connectivity index (χ0) is 16.8. The molecule has 1 aromatic rings. The van der Waals surface area contributed by atoms with E-state index in [1.807, 2.05) is 0 Å². The predicted octanol–water partition coefficient (Wildman–Crippen LogP) is 2.69. The van der Waals surface area contributed by atoms with Gasteiger partial charge in [0.15, 0.2) is 0 Å². The minimum absolute atomic E-state index is 0.0411. The number of benzene rings is 1. The molecule has 4 nitrogen and oxygen atoms in total. The summed E-state index contributed by atoms with van der Waals surface area (Å²) in [6.07, 6.45) is 1.04. The first-order chi connectivity index (χ1) is 10.3. The molecule has 0 aliphatic carbocycles. The maximum atomic E-state index is 12.8. The number of carboxylic acid groups (broad SMARTS) is 1. The van der Waals surface area contributed by atoms with E-state index in [-0.39, 0.29) is 6.42 Å². The molecule has 0 unspecified atom stereocenters. The largest absolute Gasteiger partial charge is 0.480 e. The number of carbonyl (C=O) groups is 2. The second kappa shape index (κ2) is 7.50. The standard InChI is InChI=1S/C15H14F3NO3/c1-2-3-4-9-12(14(21)22)19-13(20)10-7-5-6-8-11(10)15(16,17)18/h1,5-8,12H,3-4,9H2,(H,19,20)(H,21,22)/t12-/m1/s1. The van der Waals surface area contributed by atoms with Crippen LogP contribution in [0.3, 0.4) is 0 Å². The fourth-order valence-corrected chi connectivity index (χ4v) is 1.83. The number of nitrogens with one attached hydrogen (secondary N) is 1. The summed E-state index contributed by atoms with van der Waals surface area (Å²) < 4.78 is 38.5. The summed E-state index contributed by atoms with van der Waals surface area (Å²) in [5.41, 5.74) is -1.72. The molecule has 1 rings (SSSR count). The van der Waals surface area contributed by atoms with E-state index in [2.05, 4.69) is 11.2 Å². The van der Waals surface area contributed by atoms with Crippen LogP contribution in [0.25, 0.3) is 0 Å². The Bertz CT molecular complexity index is 590. The Morgan fingerprint density at radius 3 is 2.50 bits per heavy atom. The van der Waals surface area contributed by atoms with Gasteiger partial charge >= 0.3 is 12.1 Å². The van der Waals surface area contributed by atoms with Crippen LogP contribution < -0.4 is 5.32 Å². The fraction of sp³-hybridized carbons (Fsp3) is 0.333. The summed E-state index contributed by atoms with van der Waals surface area (Å²) in [4.78, 5) is 23.0. The third-order valence-electron chi connectivity index (χ3n) is 2.89. The molecule has 22 heavy (non-hydrogen) atoms. The molecule has 1 amide bonds. The van der Waals surface area contributed by atoms with Gasteiger partial charge in [-0.1, -0.05) is 12.1 Å². The Hall–Kier alpha value is -2.49. The molecular weight excluding hydrogens is 299 g/mol. The van der Waals surface area contributed by atoms with Gasteiger partial charge < -0.3 is 10.4 Å². The Morgan fingerprint density at radius 1 is 1.32 bits per heavy atom. The second-order valence-electron chi connectivity index (χ2n) is 4.50. The number of hydrogen-bond acceptors (Lipinski definition) is 2. The zero-order valence-corrected chi connectivity index (χ0v) is 11.5. The van der Waals surface area contributed by atoms with Gasteiger partial charge in [-0.2, -0.15) is 13.2 Å². The smallest absolute Gasteiger partial charge is 0.417 e. The molecule has 0 aliphatic heterocycles. The summed E-state index contributed by atoms with van der Waals surface area (Å²) in [6, 6.07) is 2.91. The molecular formula is C15H14F3NO3. The van der Waals surface area contributed by atoms with Crippen LogP contribution in [0.15, 0.2) is 24.3 Å². The third-order valence-corrected chi connectivity index (χ3v) is 2.89. The maximum absolute atomic E-state index is 12.8. The van der Waals surface area contributed by atoms with Gasteiger partial charge in [0.25, 0.3) is 5.91 Å². The number of hydrogen-bond donors (Lipinski definition) is 2. The molecule has 0 aromatic heterocycles. The lowest BCUT2D eigenvalue weighted by molar-refractivity contribution is -0.139. The highest BCUT2D eigenvalue weighted by Gasteiger charge is 2.35. The highest BCUT2D eigenvalue weighted by molar-refractivity contribution is 5.98. The number of terminal acetylenes is 1. The summed E-state index contributed by atoms with van der Waals surface area (Å²) >= 11 is 0. The second-order valence-corrected chi connectivity index (χ2v) is 4.50. The van der Waals surface area contributed by atoms with Crippen LogP contribution in [0.5, 0.6) is 0 Å². The van der Waals surface area contributed by atoms with Crippen molar-refractivity contribution < 1.29 is 27.9 Å². The Balaban J connectivity index is 2.92. The molecule has 0 heterocycles. The maximum Gasteiger partial charge on any atom is 0.417 e. The van der Waals surface area contributed by atoms with E-state index in [0.717, 1.165) is 18.2 Å². The molecule has 2 N–H and O–H groups in total. The predicted molar refractivity (Wildman–Crippen MR) is 73.0 cm³/mol. The first-order valence-corrected chi connectivity index (χ1v) is 6.40. The van der Waals surface area contributed by atoms with E-state index in [0.29, 0.717) is 12.8 Å². The van der Waals surface area contributed by atoms with Gasteiger partial charge in [0.05, 0.1) is 11.1 Å². The minimum Gasteiger partial charge on any atom is -0.480 e.